The van der Waals surface area contributed by atoms with E-state index in [1.807, 2.05) is 23.1 Å². The quantitative estimate of drug-likeness (QED) is 0.711. The van der Waals surface area contributed by atoms with Crippen LogP contribution in [0.4, 0.5) is 0 Å². The van der Waals surface area contributed by atoms with Crippen molar-refractivity contribution in [3.8, 4) is 0 Å². The molecule has 26 heavy (non-hydrogen) atoms. The van der Waals surface area contributed by atoms with Gasteiger partial charge >= 0.3 is 0 Å². The van der Waals surface area contributed by atoms with Crippen molar-refractivity contribution in [2.75, 3.05) is 26.2 Å². The van der Waals surface area contributed by atoms with E-state index in [-0.39, 0.29) is 5.91 Å². The van der Waals surface area contributed by atoms with Crippen LogP contribution in [-0.4, -0.2) is 57.2 Å². The van der Waals surface area contributed by atoms with Crippen LogP contribution in [0.5, 0.6) is 0 Å². The maximum atomic E-state index is 12.7. The molecule has 0 unspecified atom stereocenters. The van der Waals surface area contributed by atoms with Crippen LogP contribution in [0.3, 0.4) is 0 Å². The first kappa shape index (κ1) is 16.7. The Kier molecular flexibility index (Phi) is 4.42. The molecule has 1 fully saturated rings. The van der Waals surface area contributed by atoms with Gasteiger partial charge in [0.2, 0.25) is 5.76 Å². The van der Waals surface area contributed by atoms with E-state index in [2.05, 4.69) is 20.2 Å². The topological polar surface area (TPSA) is 88.5 Å². The van der Waals surface area contributed by atoms with E-state index >= 15 is 0 Å². The Bertz CT molecular complexity index is 932. The second-order valence-electron chi connectivity index (χ2n) is 6.62. The summed E-state index contributed by atoms with van der Waals surface area (Å²) in [4.78, 5) is 21.1. The number of benzene rings is 1. The van der Waals surface area contributed by atoms with E-state index in [9.17, 15) is 4.79 Å². The minimum atomic E-state index is -0.0762. The van der Waals surface area contributed by atoms with Crippen LogP contribution < -0.4 is 0 Å². The lowest BCUT2D eigenvalue weighted by Crippen LogP contribution is -2.35. The molecule has 3 heterocycles. The fourth-order valence-electron chi connectivity index (χ4n) is 3.44. The van der Waals surface area contributed by atoms with Crippen molar-refractivity contribution < 1.29 is 13.8 Å². The highest BCUT2D eigenvalue weighted by molar-refractivity contribution is 5.92. The molecule has 1 amide bonds. The number of hydrogen-bond donors (Lipinski definition) is 0. The summed E-state index contributed by atoms with van der Waals surface area (Å²) in [6.45, 7) is 7.40. The molecule has 8 nitrogen and oxygen atoms in total. The molecular formula is C18H21N5O3. The maximum absolute atomic E-state index is 12.7. The van der Waals surface area contributed by atoms with Crippen LogP contribution in [-0.2, 0) is 6.54 Å². The van der Waals surface area contributed by atoms with Crippen molar-refractivity contribution in [2.24, 2.45) is 0 Å². The zero-order valence-electron chi connectivity index (χ0n) is 14.9. The Balaban J connectivity index is 1.44. The average Bonchev–Trinajstić information content (AvgIpc) is 3.15. The molecule has 1 saturated heterocycles. The van der Waals surface area contributed by atoms with Crippen LogP contribution in [0, 0.1) is 13.8 Å². The number of carbonyl (C=O) groups is 1. The predicted octanol–water partition coefficient (Wildman–Crippen LogP) is 2.18. The molecular weight excluding hydrogens is 334 g/mol. The van der Waals surface area contributed by atoms with Gasteiger partial charge in [0, 0.05) is 39.6 Å². The number of aryl methyl sites for hydroxylation is 2. The standard InChI is InChI=1S/C18H21N5O3/c1-12-17(25-13(2)19-12)18(24)23-8-4-7-22(9-10-23)11-14-5-3-6-15-16(14)21-26-20-15/h3,5-6H,4,7-11H2,1-2H3. The number of aromatic nitrogens is 3. The van der Waals surface area contributed by atoms with Crippen LogP contribution in [0.25, 0.3) is 11.0 Å². The molecule has 3 aromatic rings. The second kappa shape index (κ2) is 6.87. The first-order valence-electron chi connectivity index (χ1n) is 8.77. The summed E-state index contributed by atoms with van der Waals surface area (Å²) in [5, 5.41) is 7.90. The summed E-state index contributed by atoms with van der Waals surface area (Å²) >= 11 is 0. The molecule has 0 spiro atoms. The molecule has 8 heteroatoms. The number of fused-ring (bicyclic) bond motifs is 1. The van der Waals surface area contributed by atoms with E-state index in [4.69, 9.17) is 9.05 Å². The minimum Gasteiger partial charge on any atom is -0.436 e. The van der Waals surface area contributed by atoms with Gasteiger partial charge in [-0.15, -0.1) is 0 Å². The highest BCUT2D eigenvalue weighted by Gasteiger charge is 2.25. The molecule has 1 aromatic carbocycles. The lowest BCUT2D eigenvalue weighted by molar-refractivity contribution is 0.0727. The van der Waals surface area contributed by atoms with E-state index in [0.717, 1.165) is 42.7 Å². The van der Waals surface area contributed by atoms with Gasteiger partial charge in [-0.2, -0.15) is 0 Å². The molecule has 2 aromatic heterocycles. The highest BCUT2D eigenvalue weighted by atomic mass is 16.6. The first-order valence-corrected chi connectivity index (χ1v) is 8.77. The van der Waals surface area contributed by atoms with E-state index in [1.165, 1.54) is 0 Å². The van der Waals surface area contributed by atoms with Crippen molar-refractivity contribution in [1.82, 2.24) is 25.1 Å². The zero-order valence-corrected chi connectivity index (χ0v) is 14.9. The average molecular weight is 355 g/mol. The third kappa shape index (κ3) is 3.20. The Morgan fingerprint density at radius 3 is 2.85 bits per heavy atom. The maximum Gasteiger partial charge on any atom is 0.291 e. The fourth-order valence-corrected chi connectivity index (χ4v) is 3.44. The summed E-state index contributed by atoms with van der Waals surface area (Å²) in [7, 11) is 0. The van der Waals surface area contributed by atoms with Crippen LogP contribution in [0.1, 0.15) is 34.1 Å². The number of oxazole rings is 1. The van der Waals surface area contributed by atoms with Gasteiger partial charge < -0.3 is 9.32 Å². The van der Waals surface area contributed by atoms with Crippen LogP contribution in [0.15, 0.2) is 27.2 Å². The van der Waals surface area contributed by atoms with Crippen molar-refractivity contribution >= 4 is 16.9 Å². The van der Waals surface area contributed by atoms with Crippen molar-refractivity contribution in [3.05, 3.63) is 41.1 Å². The van der Waals surface area contributed by atoms with Crippen molar-refractivity contribution in [1.29, 1.82) is 0 Å². The monoisotopic (exact) mass is 355 g/mol. The Labute approximate surface area is 150 Å². The van der Waals surface area contributed by atoms with Gasteiger partial charge in [-0.3, -0.25) is 9.69 Å². The number of hydrogen-bond acceptors (Lipinski definition) is 7. The summed E-state index contributed by atoms with van der Waals surface area (Å²) < 4.78 is 10.3. The SMILES string of the molecule is Cc1nc(C)c(C(=O)N2CCCN(Cc3cccc4nonc34)CC2)o1. The summed E-state index contributed by atoms with van der Waals surface area (Å²) in [5.41, 5.74) is 3.31. The zero-order chi connectivity index (χ0) is 18.1. The van der Waals surface area contributed by atoms with Crippen molar-refractivity contribution in [2.45, 2.75) is 26.8 Å². The van der Waals surface area contributed by atoms with Crippen LogP contribution in [0.2, 0.25) is 0 Å². The third-order valence-corrected chi connectivity index (χ3v) is 4.74. The Hall–Kier alpha value is -2.74. The number of amides is 1. The van der Waals surface area contributed by atoms with Crippen molar-refractivity contribution in [3.63, 3.8) is 0 Å². The van der Waals surface area contributed by atoms with Gasteiger partial charge in [-0.1, -0.05) is 12.1 Å². The van der Waals surface area contributed by atoms with E-state index < -0.39 is 0 Å². The Morgan fingerprint density at radius 1 is 1.15 bits per heavy atom. The van der Waals surface area contributed by atoms with Crippen LogP contribution >= 0.6 is 0 Å². The predicted molar refractivity (Wildman–Crippen MR) is 93.6 cm³/mol. The summed E-state index contributed by atoms with van der Waals surface area (Å²) in [6.07, 6.45) is 0.908. The molecule has 4 rings (SSSR count). The van der Waals surface area contributed by atoms with E-state index in [1.54, 1.807) is 13.8 Å². The fraction of sp³-hybridized carbons (Fsp3) is 0.444. The van der Waals surface area contributed by atoms with Gasteiger partial charge in [0.1, 0.15) is 11.0 Å². The molecule has 0 saturated carbocycles. The van der Waals surface area contributed by atoms with Gasteiger partial charge in [0.25, 0.3) is 5.91 Å². The normalized spacial score (nSPS) is 16.2. The summed E-state index contributed by atoms with van der Waals surface area (Å²) in [6, 6.07) is 5.89. The molecule has 1 aliphatic heterocycles. The van der Waals surface area contributed by atoms with E-state index in [0.29, 0.717) is 30.4 Å². The molecule has 0 aliphatic carbocycles. The molecule has 0 radical (unpaired) electrons. The molecule has 0 bridgehead atoms. The largest absolute Gasteiger partial charge is 0.436 e. The summed E-state index contributed by atoms with van der Waals surface area (Å²) in [5.74, 6) is 0.804. The molecule has 1 aliphatic rings. The Morgan fingerprint density at radius 2 is 2.04 bits per heavy atom. The number of carbonyl (C=O) groups excluding carboxylic acids is 1. The minimum absolute atomic E-state index is 0.0762. The first-order chi connectivity index (χ1) is 12.6. The lowest BCUT2D eigenvalue weighted by Gasteiger charge is -2.21. The molecule has 0 atom stereocenters. The van der Waals surface area contributed by atoms with Gasteiger partial charge in [-0.25, -0.2) is 9.61 Å². The second-order valence-corrected chi connectivity index (χ2v) is 6.62. The lowest BCUT2D eigenvalue weighted by atomic mass is 10.1. The molecule has 0 N–H and O–H groups in total. The highest BCUT2D eigenvalue weighted by Crippen LogP contribution is 2.19. The number of nitrogens with zero attached hydrogens (tertiary/aromatic N) is 5. The smallest absolute Gasteiger partial charge is 0.291 e. The molecule has 136 valence electrons. The third-order valence-electron chi connectivity index (χ3n) is 4.74. The number of rotatable bonds is 3. The van der Waals surface area contributed by atoms with Gasteiger partial charge in [0.05, 0.1) is 5.69 Å². The van der Waals surface area contributed by atoms with Gasteiger partial charge in [-0.05, 0) is 35.3 Å². The van der Waals surface area contributed by atoms with Gasteiger partial charge in [0.15, 0.2) is 5.89 Å².